The summed E-state index contributed by atoms with van der Waals surface area (Å²) in [5.41, 5.74) is 7.06. The zero-order valence-corrected chi connectivity index (χ0v) is 15.4. The van der Waals surface area contributed by atoms with E-state index in [4.69, 9.17) is 11.0 Å². The summed E-state index contributed by atoms with van der Waals surface area (Å²) in [6.45, 7) is 8.20. The van der Waals surface area contributed by atoms with Gasteiger partial charge in [-0.05, 0) is 56.4 Å². The second-order valence-electron chi connectivity index (χ2n) is 7.77. The highest BCUT2D eigenvalue weighted by atomic mass is 15.2. The molecule has 1 aromatic rings. The van der Waals surface area contributed by atoms with E-state index >= 15 is 0 Å². The van der Waals surface area contributed by atoms with Gasteiger partial charge in [-0.25, -0.2) is 0 Å². The smallest absolute Gasteiger partial charge is 0.163 e. The molecule has 0 amide bonds. The van der Waals surface area contributed by atoms with Gasteiger partial charge in [-0.1, -0.05) is 33.6 Å². The van der Waals surface area contributed by atoms with E-state index in [1.54, 1.807) is 0 Å². The van der Waals surface area contributed by atoms with E-state index in [9.17, 15) is 0 Å². The van der Waals surface area contributed by atoms with E-state index in [-0.39, 0.29) is 0 Å². The molecule has 0 radical (unpaired) electrons. The van der Waals surface area contributed by atoms with Crippen molar-refractivity contribution in [1.82, 2.24) is 15.5 Å². The molecule has 1 fully saturated rings. The van der Waals surface area contributed by atoms with Crippen molar-refractivity contribution < 1.29 is 0 Å². The van der Waals surface area contributed by atoms with Crippen molar-refractivity contribution >= 4 is 5.82 Å². The highest BCUT2D eigenvalue weighted by Crippen LogP contribution is 2.33. The fraction of sp³-hybridized carbons (Fsp3) is 0.789. The van der Waals surface area contributed by atoms with Gasteiger partial charge >= 0.3 is 0 Å². The van der Waals surface area contributed by atoms with Crippen LogP contribution in [0.3, 0.4) is 0 Å². The van der Waals surface area contributed by atoms with Crippen LogP contribution in [0.25, 0.3) is 0 Å². The quantitative estimate of drug-likeness (QED) is 0.634. The van der Waals surface area contributed by atoms with Crippen LogP contribution in [0.4, 0.5) is 5.82 Å². The van der Waals surface area contributed by atoms with Crippen LogP contribution in [-0.2, 0) is 6.42 Å². The monoisotopic (exact) mass is 331 g/mol. The predicted octanol–water partition coefficient (Wildman–Crippen LogP) is 3.63. The fourth-order valence-corrected chi connectivity index (χ4v) is 4.03. The summed E-state index contributed by atoms with van der Waals surface area (Å²) in [5.74, 6) is 2.77. The van der Waals surface area contributed by atoms with Gasteiger partial charge in [-0.3, -0.25) is 5.10 Å². The summed E-state index contributed by atoms with van der Waals surface area (Å²) in [4.78, 5) is 0. The minimum Gasteiger partial charge on any atom is -0.381 e. The molecule has 0 bridgehead atoms. The highest BCUT2D eigenvalue weighted by Gasteiger charge is 2.29. The Balaban J connectivity index is 1.66. The van der Waals surface area contributed by atoms with Gasteiger partial charge in [-0.2, -0.15) is 10.4 Å². The number of nitriles is 1. The van der Waals surface area contributed by atoms with E-state index in [1.807, 2.05) is 0 Å². The molecule has 1 heterocycles. The van der Waals surface area contributed by atoms with Crippen LogP contribution >= 0.6 is 0 Å². The third kappa shape index (κ3) is 4.98. The first-order chi connectivity index (χ1) is 11.5. The van der Waals surface area contributed by atoms with Gasteiger partial charge in [0, 0.05) is 6.04 Å². The number of nitrogens with one attached hydrogen (secondary N) is 2. The van der Waals surface area contributed by atoms with Gasteiger partial charge in [0.1, 0.15) is 11.6 Å². The Bertz CT molecular complexity index is 542. The number of unbranched alkanes of at least 4 members (excludes halogenated alkanes) is 2. The number of nitrogens with zero attached hydrogens (tertiary/aromatic N) is 2. The molecule has 1 aromatic heterocycles. The van der Waals surface area contributed by atoms with Gasteiger partial charge in [0.15, 0.2) is 5.82 Å². The largest absolute Gasteiger partial charge is 0.381 e. The summed E-state index contributed by atoms with van der Waals surface area (Å²) in [5, 5.41) is 19.7. The van der Waals surface area contributed by atoms with Crippen molar-refractivity contribution in [2.75, 3.05) is 12.3 Å². The fourth-order valence-electron chi connectivity index (χ4n) is 4.03. The number of aromatic nitrogens is 2. The van der Waals surface area contributed by atoms with Gasteiger partial charge in [-0.15, -0.1) is 0 Å². The van der Waals surface area contributed by atoms with Crippen molar-refractivity contribution in [2.45, 2.75) is 71.8 Å². The molecule has 4 N–H and O–H groups in total. The molecule has 0 aliphatic heterocycles. The number of hydrogen-bond acceptors (Lipinski definition) is 4. The molecule has 1 aliphatic rings. The number of nitrogen functional groups attached to an aromatic ring is 1. The normalized spacial score (nSPS) is 24.2. The molecule has 0 unspecified atom stereocenters. The maximum atomic E-state index is 9.06. The lowest BCUT2D eigenvalue weighted by atomic mass is 9.74. The zero-order chi connectivity index (χ0) is 17.5. The maximum Gasteiger partial charge on any atom is 0.163 e. The zero-order valence-electron chi connectivity index (χ0n) is 15.4. The average Bonchev–Trinajstić information content (AvgIpc) is 2.90. The summed E-state index contributed by atoms with van der Waals surface area (Å²) in [6.07, 6.45) is 8.33. The van der Waals surface area contributed by atoms with E-state index in [0.29, 0.717) is 17.4 Å². The van der Waals surface area contributed by atoms with Crippen LogP contribution < -0.4 is 11.1 Å². The third-order valence-electron chi connectivity index (χ3n) is 5.51. The van der Waals surface area contributed by atoms with Crippen molar-refractivity contribution in [2.24, 2.45) is 17.8 Å². The number of aryl methyl sites for hydroxylation is 1. The lowest BCUT2D eigenvalue weighted by Crippen LogP contribution is -2.43. The van der Waals surface area contributed by atoms with Crippen LogP contribution in [0.5, 0.6) is 0 Å². The van der Waals surface area contributed by atoms with E-state index < -0.39 is 0 Å². The molecular weight excluding hydrogens is 298 g/mol. The maximum absolute atomic E-state index is 9.06. The second-order valence-corrected chi connectivity index (χ2v) is 7.77. The summed E-state index contributed by atoms with van der Waals surface area (Å²) in [7, 11) is 0. The Kier molecular flexibility index (Phi) is 7.11. The molecule has 5 nitrogen and oxygen atoms in total. The predicted molar refractivity (Wildman–Crippen MR) is 98.4 cm³/mol. The van der Waals surface area contributed by atoms with Gasteiger partial charge in [0.05, 0.1) is 5.69 Å². The van der Waals surface area contributed by atoms with E-state index in [1.165, 1.54) is 25.7 Å². The van der Waals surface area contributed by atoms with Crippen LogP contribution in [0, 0.1) is 29.1 Å². The van der Waals surface area contributed by atoms with Crippen LogP contribution in [0.2, 0.25) is 0 Å². The topological polar surface area (TPSA) is 90.5 Å². The molecule has 0 spiro atoms. The first-order valence-electron chi connectivity index (χ1n) is 9.49. The lowest BCUT2D eigenvalue weighted by molar-refractivity contribution is 0.170. The standard InChI is InChI=1S/C19H33N5/c1-13(2)15-9-8-14(3)11-18(15)22-10-6-4-5-7-17-16(12-20)19(21)24-23-17/h13-15,18,22H,4-11H2,1-3H3,(H3,21,23,24)/t14-,15-,18+/m1/s1. The van der Waals surface area contributed by atoms with E-state index in [2.05, 4.69) is 42.4 Å². The molecule has 1 aliphatic carbocycles. The van der Waals surface area contributed by atoms with E-state index in [0.717, 1.165) is 49.3 Å². The Labute approximate surface area is 146 Å². The highest BCUT2D eigenvalue weighted by molar-refractivity contribution is 5.50. The molecule has 5 heteroatoms. The molecule has 1 saturated carbocycles. The van der Waals surface area contributed by atoms with Crippen molar-refractivity contribution in [3.05, 3.63) is 11.3 Å². The molecular formula is C19H33N5. The van der Waals surface area contributed by atoms with Crippen LogP contribution in [0.1, 0.15) is 70.6 Å². The number of aromatic amines is 1. The molecule has 24 heavy (non-hydrogen) atoms. The van der Waals surface area contributed by atoms with Crippen molar-refractivity contribution in [1.29, 1.82) is 5.26 Å². The lowest BCUT2D eigenvalue weighted by Gasteiger charge is -2.38. The Morgan fingerprint density at radius 3 is 2.83 bits per heavy atom. The minimum absolute atomic E-state index is 0.320. The Morgan fingerprint density at radius 2 is 2.12 bits per heavy atom. The molecule has 3 atom stereocenters. The first-order valence-corrected chi connectivity index (χ1v) is 9.49. The van der Waals surface area contributed by atoms with Crippen molar-refractivity contribution in [3.8, 4) is 6.07 Å². The molecule has 2 rings (SSSR count). The average molecular weight is 332 g/mol. The Morgan fingerprint density at radius 1 is 1.33 bits per heavy atom. The number of nitrogens with two attached hydrogens (primary N) is 1. The number of hydrogen-bond donors (Lipinski definition) is 3. The van der Waals surface area contributed by atoms with Crippen molar-refractivity contribution in [3.63, 3.8) is 0 Å². The molecule has 0 saturated heterocycles. The van der Waals surface area contributed by atoms with Gasteiger partial charge < -0.3 is 11.1 Å². The SMILES string of the molecule is CC(C)[C@H]1CC[C@@H](C)C[C@@H]1NCCCCCc1[nH]nc(N)c1C#N. The third-order valence-corrected chi connectivity index (χ3v) is 5.51. The van der Waals surface area contributed by atoms with Gasteiger partial charge in [0.2, 0.25) is 0 Å². The number of rotatable bonds is 8. The second kappa shape index (κ2) is 9.08. The summed E-state index contributed by atoms with van der Waals surface area (Å²) in [6, 6.07) is 2.81. The first kappa shape index (κ1) is 18.8. The minimum atomic E-state index is 0.320. The summed E-state index contributed by atoms with van der Waals surface area (Å²) >= 11 is 0. The van der Waals surface area contributed by atoms with Crippen LogP contribution in [0.15, 0.2) is 0 Å². The number of anilines is 1. The van der Waals surface area contributed by atoms with Gasteiger partial charge in [0.25, 0.3) is 0 Å². The Hall–Kier alpha value is -1.54. The molecule has 0 aromatic carbocycles. The number of H-pyrrole nitrogens is 1. The molecule has 134 valence electrons. The van der Waals surface area contributed by atoms with Crippen LogP contribution in [-0.4, -0.2) is 22.8 Å². The summed E-state index contributed by atoms with van der Waals surface area (Å²) < 4.78 is 0.